The Morgan fingerprint density at radius 1 is 1.04 bits per heavy atom. The van der Waals surface area contributed by atoms with Crippen LogP contribution in [-0.4, -0.2) is 41.5 Å². The number of amides is 1. The van der Waals surface area contributed by atoms with Gasteiger partial charge in [-0.05, 0) is 43.7 Å². The van der Waals surface area contributed by atoms with E-state index in [1.807, 2.05) is 30.3 Å². The standard InChI is InChI=1S/C20H30N2O/c1-17-12-14-21(15-13-17)16-22(19-10-6-3-7-11-19)20(23)18-8-4-2-5-9-18/h2,4-5,8-9,17,19H,3,6-7,10-16H2,1H3. The molecule has 0 atom stereocenters. The van der Waals surface area contributed by atoms with Crippen molar-refractivity contribution in [1.29, 1.82) is 0 Å². The molecule has 2 aliphatic rings. The highest BCUT2D eigenvalue weighted by Crippen LogP contribution is 2.25. The molecule has 3 nitrogen and oxygen atoms in total. The van der Waals surface area contributed by atoms with Crippen LogP contribution in [0, 0.1) is 5.92 Å². The first kappa shape index (κ1) is 16.5. The fourth-order valence-electron chi connectivity index (χ4n) is 3.90. The number of piperidine rings is 1. The average molecular weight is 314 g/mol. The molecule has 3 heteroatoms. The summed E-state index contributed by atoms with van der Waals surface area (Å²) < 4.78 is 0. The van der Waals surface area contributed by atoms with Crippen molar-refractivity contribution < 1.29 is 4.79 Å². The highest BCUT2D eigenvalue weighted by atomic mass is 16.2. The van der Waals surface area contributed by atoms with E-state index in [1.54, 1.807) is 0 Å². The highest BCUT2D eigenvalue weighted by molar-refractivity contribution is 5.94. The van der Waals surface area contributed by atoms with Crippen molar-refractivity contribution in [3.05, 3.63) is 35.9 Å². The lowest BCUT2D eigenvalue weighted by atomic mass is 9.93. The number of benzene rings is 1. The monoisotopic (exact) mass is 314 g/mol. The molecule has 1 saturated heterocycles. The molecule has 1 aromatic carbocycles. The fraction of sp³-hybridized carbons (Fsp3) is 0.650. The van der Waals surface area contributed by atoms with Crippen molar-refractivity contribution >= 4 is 5.91 Å². The van der Waals surface area contributed by atoms with Crippen LogP contribution >= 0.6 is 0 Å². The van der Waals surface area contributed by atoms with E-state index in [0.29, 0.717) is 6.04 Å². The van der Waals surface area contributed by atoms with Gasteiger partial charge in [0.05, 0.1) is 6.67 Å². The molecule has 1 aromatic rings. The van der Waals surface area contributed by atoms with Gasteiger partial charge in [-0.25, -0.2) is 0 Å². The molecule has 0 spiro atoms. The zero-order valence-electron chi connectivity index (χ0n) is 14.4. The third-order valence-corrected chi connectivity index (χ3v) is 5.53. The van der Waals surface area contributed by atoms with Crippen LogP contribution in [0.1, 0.15) is 62.2 Å². The van der Waals surface area contributed by atoms with Crippen LogP contribution in [0.2, 0.25) is 0 Å². The molecule has 0 N–H and O–H groups in total. The minimum atomic E-state index is 0.219. The second-order valence-corrected chi connectivity index (χ2v) is 7.37. The zero-order valence-corrected chi connectivity index (χ0v) is 14.4. The summed E-state index contributed by atoms with van der Waals surface area (Å²) in [6, 6.07) is 10.3. The first-order chi connectivity index (χ1) is 11.2. The van der Waals surface area contributed by atoms with Gasteiger partial charge in [-0.1, -0.05) is 44.4 Å². The van der Waals surface area contributed by atoms with E-state index < -0.39 is 0 Å². The Morgan fingerprint density at radius 2 is 1.70 bits per heavy atom. The van der Waals surface area contributed by atoms with Crippen molar-refractivity contribution in [3.63, 3.8) is 0 Å². The maximum atomic E-state index is 13.1. The third kappa shape index (κ3) is 4.35. The smallest absolute Gasteiger partial charge is 0.255 e. The first-order valence-electron chi connectivity index (χ1n) is 9.32. The van der Waals surface area contributed by atoms with Crippen LogP contribution in [0.4, 0.5) is 0 Å². The Bertz CT molecular complexity index is 488. The van der Waals surface area contributed by atoms with E-state index >= 15 is 0 Å². The molecular weight excluding hydrogens is 284 g/mol. The lowest BCUT2D eigenvalue weighted by molar-refractivity contribution is 0.0375. The number of hydrogen-bond donors (Lipinski definition) is 0. The summed E-state index contributed by atoms with van der Waals surface area (Å²) in [4.78, 5) is 17.7. The van der Waals surface area contributed by atoms with E-state index in [9.17, 15) is 4.79 Å². The molecule has 0 unspecified atom stereocenters. The molecule has 3 rings (SSSR count). The van der Waals surface area contributed by atoms with Crippen LogP contribution in [0.3, 0.4) is 0 Å². The lowest BCUT2D eigenvalue weighted by Crippen LogP contribution is -2.49. The van der Waals surface area contributed by atoms with Crippen molar-refractivity contribution in [1.82, 2.24) is 9.80 Å². The van der Waals surface area contributed by atoms with Gasteiger partial charge in [-0.3, -0.25) is 9.69 Å². The van der Waals surface area contributed by atoms with Gasteiger partial charge < -0.3 is 4.90 Å². The van der Waals surface area contributed by atoms with E-state index in [2.05, 4.69) is 16.7 Å². The normalized spacial score (nSPS) is 21.3. The second-order valence-electron chi connectivity index (χ2n) is 7.37. The van der Waals surface area contributed by atoms with Gasteiger partial charge in [0.15, 0.2) is 0 Å². The number of rotatable bonds is 4. The van der Waals surface area contributed by atoms with Gasteiger partial charge in [0.25, 0.3) is 5.91 Å². The molecule has 1 aliphatic carbocycles. The molecular formula is C20H30N2O. The molecule has 126 valence electrons. The van der Waals surface area contributed by atoms with Crippen LogP contribution in [0.5, 0.6) is 0 Å². The molecule has 1 saturated carbocycles. The van der Waals surface area contributed by atoms with Gasteiger partial charge in [-0.15, -0.1) is 0 Å². The molecule has 23 heavy (non-hydrogen) atoms. The van der Waals surface area contributed by atoms with Gasteiger partial charge in [-0.2, -0.15) is 0 Å². The molecule has 1 heterocycles. The van der Waals surface area contributed by atoms with Crippen LogP contribution in [-0.2, 0) is 0 Å². The number of nitrogens with zero attached hydrogens (tertiary/aromatic N) is 2. The van der Waals surface area contributed by atoms with E-state index in [1.165, 1.54) is 44.9 Å². The molecule has 1 amide bonds. The number of carbonyl (C=O) groups is 1. The molecule has 0 bridgehead atoms. The number of carbonyl (C=O) groups excluding carboxylic acids is 1. The number of likely N-dealkylation sites (tertiary alicyclic amines) is 1. The SMILES string of the molecule is CC1CCN(CN(C(=O)c2ccccc2)C2CCCCC2)CC1. The van der Waals surface area contributed by atoms with Gasteiger partial charge >= 0.3 is 0 Å². The minimum Gasteiger partial charge on any atom is -0.323 e. The summed E-state index contributed by atoms with van der Waals surface area (Å²) in [5.74, 6) is 1.05. The van der Waals surface area contributed by atoms with E-state index in [0.717, 1.165) is 31.2 Å². The minimum absolute atomic E-state index is 0.219. The van der Waals surface area contributed by atoms with Gasteiger partial charge in [0.1, 0.15) is 0 Å². The van der Waals surface area contributed by atoms with E-state index in [-0.39, 0.29) is 5.91 Å². The highest BCUT2D eigenvalue weighted by Gasteiger charge is 2.28. The number of hydrogen-bond acceptors (Lipinski definition) is 2. The maximum Gasteiger partial charge on any atom is 0.255 e. The quantitative estimate of drug-likeness (QED) is 0.833. The van der Waals surface area contributed by atoms with Crippen molar-refractivity contribution in [3.8, 4) is 0 Å². The van der Waals surface area contributed by atoms with Crippen LogP contribution in [0.25, 0.3) is 0 Å². The zero-order chi connectivity index (χ0) is 16.1. The van der Waals surface area contributed by atoms with Crippen molar-refractivity contribution in [2.75, 3.05) is 19.8 Å². The largest absolute Gasteiger partial charge is 0.323 e. The van der Waals surface area contributed by atoms with Crippen LogP contribution in [0.15, 0.2) is 30.3 Å². The first-order valence-corrected chi connectivity index (χ1v) is 9.32. The third-order valence-electron chi connectivity index (χ3n) is 5.53. The average Bonchev–Trinajstić information content (AvgIpc) is 2.62. The Kier molecular flexibility index (Phi) is 5.71. The Hall–Kier alpha value is -1.35. The fourth-order valence-corrected chi connectivity index (χ4v) is 3.90. The topological polar surface area (TPSA) is 23.6 Å². The summed E-state index contributed by atoms with van der Waals surface area (Å²) in [5, 5.41) is 0. The molecule has 2 fully saturated rings. The predicted molar refractivity (Wildman–Crippen MR) is 94.3 cm³/mol. The summed E-state index contributed by atoms with van der Waals surface area (Å²) >= 11 is 0. The summed E-state index contributed by atoms with van der Waals surface area (Å²) in [7, 11) is 0. The van der Waals surface area contributed by atoms with Gasteiger partial charge in [0, 0.05) is 24.7 Å². The Balaban J connectivity index is 1.72. The van der Waals surface area contributed by atoms with Crippen molar-refractivity contribution in [2.45, 2.75) is 57.9 Å². The summed E-state index contributed by atoms with van der Waals surface area (Å²) in [5.41, 5.74) is 0.837. The van der Waals surface area contributed by atoms with E-state index in [4.69, 9.17) is 0 Å². The molecule has 0 aromatic heterocycles. The maximum absolute atomic E-state index is 13.1. The molecule has 0 radical (unpaired) electrons. The summed E-state index contributed by atoms with van der Waals surface area (Å²) in [6.45, 7) is 5.41. The Labute approximate surface area is 140 Å². The molecule has 1 aliphatic heterocycles. The predicted octanol–water partition coefficient (Wildman–Crippen LogP) is 4.15. The lowest BCUT2D eigenvalue weighted by Gasteiger charge is -2.40. The summed E-state index contributed by atoms with van der Waals surface area (Å²) in [6.07, 6.45) is 8.72. The van der Waals surface area contributed by atoms with Crippen LogP contribution < -0.4 is 0 Å². The Morgan fingerprint density at radius 3 is 2.35 bits per heavy atom. The second kappa shape index (κ2) is 7.96. The van der Waals surface area contributed by atoms with Crippen molar-refractivity contribution in [2.24, 2.45) is 5.92 Å². The van der Waals surface area contributed by atoms with Gasteiger partial charge in [0.2, 0.25) is 0 Å².